The largest absolute Gasteiger partial charge is 0.495 e. The first-order valence-electron chi connectivity index (χ1n) is 9.94. The Bertz CT molecular complexity index is 1140. The fourth-order valence-electron chi connectivity index (χ4n) is 3.86. The van der Waals surface area contributed by atoms with Gasteiger partial charge in [0.25, 0.3) is 11.8 Å². The second-order valence-corrected chi connectivity index (χ2v) is 7.28. The van der Waals surface area contributed by atoms with Crippen molar-refractivity contribution in [1.82, 2.24) is 5.01 Å². The number of nitrogens with one attached hydrogen (secondary N) is 1. The summed E-state index contributed by atoms with van der Waals surface area (Å²) < 4.78 is 16.3. The van der Waals surface area contributed by atoms with Crippen LogP contribution in [0.15, 0.2) is 52.8 Å². The van der Waals surface area contributed by atoms with E-state index < -0.39 is 29.8 Å². The Labute approximate surface area is 182 Å². The monoisotopic (exact) mass is 437 g/mol. The molecule has 0 aliphatic carbocycles. The van der Waals surface area contributed by atoms with Gasteiger partial charge in [0, 0.05) is 6.07 Å². The summed E-state index contributed by atoms with van der Waals surface area (Å²) in [6.45, 7) is 0.563. The lowest BCUT2D eigenvalue weighted by atomic mass is 10.1. The van der Waals surface area contributed by atoms with Crippen LogP contribution >= 0.6 is 0 Å². The van der Waals surface area contributed by atoms with Gasteiger partial charge in [-0.15, -0.1) is 0 Å². The van der Waals surface area contributed by atoms with Crippen LogP contribution in [0.25, 0.3) is 0 Å². The van der Waals surface area contributed by atoms with Crippen LogP contribution in [0.2, 0.25) is 0 Å². The number of hydrogen-bond donors (Lipinski definition) is 1. The minimum atomic E-state index is -1.00. The summed E-state index contributed by atoms with van der Waals surface area (Å²) in [7, 11) is 1.50. The van der Waals surface area contributed by atoms with E-state index in [1.165, 1.54) is 12.1 Å². The first kappa shape index (κ1) is 19.8. The summed E-state index contributed by atoms with van der Waals surface area (Å²) in [5, 5.41) is 11.8. The van der Waals surface area contributed by atoms with Crippen LogP contribution in [-0.2, 0) is 14.4 Å². The van der Waals surface area contributed by atoms with Crippen LogP contribution in [0.3, 0.4) is 0 Å². The normalized spacial score (nSPS) is 21.0. The van der Waals surface area contributed by atoms with E-state index in [4.69, 9.17) is 14.2 Å². The van der Waals surface area contributed by atoms with E-state index >= 15 is 0 Å². The lowest BCUT2D eigenvalue weighted by Gasteiger charge is -2.22. The quantitative estimate of drug-likeness (QED) is 0.702. The molecule has 1 saturated heterocycles. The third kappa shape index (κ3) is 3.27. The van der Waals surface area contributed by atoms with E-state index in [-0.39, 0.29) is 6.54 Å². The number of nitrogens with zero attached hydrogens (tertiary/aromatic N) is 4. The van der Waals surface area contributed by atoms with Crippen molar-refractivity contribution < 1.29 is 28.6 Å². The van der Waals surface area contributed by atoms with Gasteiger partial charge in [-0.1, -0.05) is 17.4 Å². The highest BCUT2D eigenvalue weighted by Crippen LogP contribution is 2.37. The number of fused-ring (bicyclic) bond motifs is 2. The molecule has 0 aromatic heterocycles. The number of anilines is 2. The van der Waals surface area contributed by atoms with Gasteiger partial charge in [-0.3, -0.25) is 19.4 Å². The average Bonchev–Trinajstić information content (AvgIpc) is 3.33. The molecule has 2 aromatic carbocycles. The van der Waals surface area contributed by atoms with Crippen molar-refractivity contribution in [3.63, 3.8) is 0 Å². The molecule has 11 heteroatoms. The smallest absolute Gasteiger partial charge is 0.263 e. The van der Waals surface area contributed by atoms with Crippen LogP contribution in [0.1, 0.15) is 0 Å². The third-order valence-electron chi connectivity index (χ3n) is 5.33. The number of carbonyl (C=O) groups is 3. The Kier molecular flexibility index (Phi) is 4.85. The second kappa shape index (κ2) is 7.84. The predicted octanol–water partition coefficient (Wildman–Crippen LogP) is 1.40. The van der Waals surface area contributed by atoms with Crippen molar-refractivity contribution in [2.24, 2.45) is 10.3 Å². The topological polar surface area (TPSA) is 122 Å². The zero-order valence-corrected chi connectivity index (χ0v) is 17.1. The molecule has 1 fully saturated rings. The number of methoxy groups -OCH3 is 1. The molecule has 164 valence electrons. The number of rotatable bonds is 5. The van der Waals surface area contributed by atoms with Gasteiger partial charge in [-0.25, -0.2) is 4.90 Å². The molecule has 5 rings (SSSR count). The minimum absolute atomic E-state index is 0.253. The minimum Gasteiger partial charge on any atom is -0.495 e. The van der Waals surface area contributed by atoms with Crippen molar-refractivity contribution in [2.45, 2.75) is 12.1 Å². The standard InChI is InChI=1S/C21H19N5O6/c1-30-14-5-3-2-4-13(14)22-17(27)11-25-19-18(23-24-25)20(28)26(21(19)29)12-6-7-15-16(10-12)32-9-8-31-15/h2-7,10,18-19H,8-9,11H2,1H3,(H,22,27)/t18-,19+/m1/s1. The molecule has 3 amide bonds. The zero-order chi connectivity index (χ0) is 22.2. The van der Waals surface area contributed by atoms with Crippen molar-refractivity contribution in [3.05, 3.63) is 42.5 Å². The molecule has 0 spiro atoms. The Hall–Kier alpha value is -4.15. The molecule has 0 saturated carbocycles. The maximum atomic E-state index is 13.1. The number of benzene rings is 2. The maximum absolute atomic E-state index is 13.1. The van der Waals surface area contributed by atoms with E-state index in [9.17, 15) is 14.4 Å². The molecule has 3 heterocycles. The van der Waals surface area contributed by atoms with Crippen LogP contribution in [0.4, 0.5) is 11.4 Å². The molecule has 2 aromatic rings. The Morgan fingerprint density at radius 2 is 1.91 bits per heavy atom. The van der Waals surface area contributed by atoms with E-state index in [1.54, 1.807) is 42.5 Å². The molecule has 0 radical (unpaired) electrons. The summed E-state index contributed by atoms with van der Waals surface area (Å²) >= 11 is 0. The number of hydrogen-bond acceptors (Lipinski definition) is 9. The molecule has 3 aliphatic rings. The van der Waals surface area contributed by atoms with Gasteiger partial charge in [0.2, 0.25) is 5.91 Å². The third-order valence-corrected chi connectivity index (χ3v) is 5.33. The van der Waals surface area contributed by atoms with E-state index in [0.717, 1.165) is 4.90 Å². The molecular weight excluding hydrogens is 418 g/mol. The molecule has 0 bridgehead atoms. The molecule has 3 aliphatic heterocycles. The Morgan fingerprint density at radius 1 is 1.12 bits per heavy atom. The molecular formula is C21H19N5O6. The number of ether oxygens (including phenoxy) is 3. The summed E-state index contributed by atoms with van der Waals surface area (Å²) in [5.74, 6) is 0.0698. The fourth-order valence-corrected chi connectivity index (χ4v) is 3.86. The molecule has 1 N–H and O–H groups in total. The number of imide groups is 1. The predicted molar refractivity (Wildman–Crippen MR) is 111 cm³/mol. The van der Waals surface area contributed by atoms with Crippen LogP contribution in [0, 0.1) is 0 Å². The van der Waals surface area contributed by atoms with Gasteiger partial charge in [0.1, 0.15) is 25.5 Å². The van der Waals surface area contributed by atoms with Gasteiger partial charge in [0.05, 0.1) is 18.5 Å². The number of amides is 3. The van der Waals surface area contributed by atoms with Crippen LogP contribution in [-0.4, -0.2) is 61.7 Å². The zero-order valence-electron chi connectivity index (χ0n) is 17.1. The Balaban J connectivity index is 1.32. The van der Waals surface area contributed by atoms with Gasteiger partial charge < -0.3 is 19.5 Å². The van der Waals surface area contributed by atoms with E-state index in [0.29, 0.717) is 41.8 Å². The van der Waals surface area contributed by atoms with Crippen LogP contribution < -0.4 is 24.4 Å². The SMILES string of the molecule is COc1ccccc1NC(=O)CN1N=N[C@H]2C(=O)N(c3ccc4c(c3)OCCO4)C(=O)[C@H]21. The average molecular weight is 437 g/mol. The second-order valence-electron chi connectivity index (χ2n) is 7.28. The molecule has 0 unspecified atom stereocenters. The van der Waals surface area contributed by atoms with Gasteiger partial charge >= 0.3 is 0 Å². The van der Waals surface area contributed by atoms with Crippen molar-refractivity contribution >= 4 is 29.1 Å². The summed E-state index contributed by atoms with van der Waals surface area (Å²) in [4.78, 5) is 39.7. The maximum Gasteiger partial charge on any atom is 0.263 e. The molecule has 11 nitrogen and oxygen atoms in total. The summed E-state index contributed by atoms with van der Waals surface area (Å²) in [5.41, 5.74) is 0.840. The summed E-state index contributed by atoms with van der Waals surface area (Å²) in [6, 6.07) is 9.80. The number of carbonyl (C=O) groups excluding carboxylic acids is 3. The molecule has 32 heavy (non-hydrogen) atoms. The first-order valence-corrected chi connectivity index (χ1v) is 9.94. The highest BCUT2D eigenvalue weighted by Gasteiger charge is 2.55. The summed E-state index contributed by atoms with van der Waals surface area (Å²) in [6.07, 6.45) is 0. The van der Waals surface area contributed by atoms with E-state index in [2.05, 4.69) is 15.7 Å². The Morgan fingerprint density at radius 3 is 2.72 bits per heavy atom. The number of para-hydroxylation sites is 2. The van der Waals surface area contributed by atoms with Crippen molar-refractivity contribution in [2.75, 3.05) is 37.1 Å². The highest BCUT2D eigenvalue weighted by atomic mass is 16.6. The van der Waals surface area contributed by atoms with Gasteiger partial charge in [-0.05, 0) is 24.3 Å². The highest BCUT2D eigenvalue weighted by molar-refractivity contribution is 6.25. The van der Waals surface area contributed by atoms with Crippen molar-refractivity contribution in [3.8, 4) is 17.2 Å². The molecule has 2 atom stereocenters. The lowest BCUT2D eigenvalue weighted by molar-refractivity contribution is -0.123. The van der Waals surface area contributed by atoms with Gasteiger partial charge in [0.15, 0.2) is 23.6 Å². The van der Waals surface area contributed by atoms with Crippen LogP contribution in [0.5, 0.6) is 17.2 Å². The first-order chi connectivity index (χ1) is 15.6. The van der Waals surface area contributed by atoms with Gasteiger partial charge in [-0.2, -0.15) is 5.11 Å². The van der Waals surface area contributed by atoms with Crippen molar-refractivity contribution in [1.29, 1.82) is 0 Å². The van der Waals surface area contributed by atoms with E-state index in [1.807, 2.05) is 0 Å². The fraction of sp³-hybridized carbons (Fsp3) is 0.286. The lowest BCUT2D eigenvalue weighted by Crippen LogP contribution is -2.43.